The monoisotopic (exact) mass is 711 g/mol. The highest BCUT2D eigenvalue weighted by Gasteiger charge is 2.19. The average molecular weight is 712 g/mol. The maximum Gasteiger partial charge on any atom is 0.346 e. The van der Waals surface area contributed by atoms with Crippen molar-refractivity contribution in [3.8, 4) is 43.3 Å². The van der Waals surface area contributed by atoms with E-state index in [1.54, 1.807) is 17.4 Å². The molecule has 0 saturated heterocycles. The topological polar surface area (TPSA) is 78.9 Å². The molecule has 0 aliphatic carbocycles. The van der Waals surface area contributed by atoms with Crippen molar-refractivity contribution in [2.75, 3.05) is 0 Å². The second-order valence-corrected chi connectivity index (χ2v) is 15.4. The molecule has 3 heterocycles. The number of hydrogen-bond acceptors (Lipinski definition) is 5. The van der Waals surface area contributed by atoms with Gasteiger partial charge in [-0.25, -0.2) is 9.78 Å². The van der Waals surface area contributed by atoms with E-state index in [0.717, 1.165) is 87.5 Å². The minimum absolute atomic E-state index is 0.221. The van der Waals surface area contributed by atoms with Gasteiger partial charge in [-0.1, -0.05) is 106 Å². The number of aryl methyl sites for hydroxylation is 3. The van der Waals surface area contributed by atoms with Gasteiger partial charge in [0.1, 0.15) is 17.5 Å². The molecule has 0 aliphatic rings. The zero-order chi connectivity index (χ0) is 35.7. The SMILES string of the molecule is CCCCCCc1cc(-c2sc(-c3ccc(-c4nc5ccccc5n4-c4ccc(C)cc4)cc3)cc2CCCCCC)sc1/C=C(/C#N)C(=O)O. The second-order valence-electron chi connectivity index (χ2n) is 13.2. The summed E-state index contributed by atoms with van der Waals surface area (Å²) in [4.78, 5) is 21.4. The van der Waals surface area contributed by atoms with Crippen LogP contribution in [0.3, 0.4) is 0 Å². The highest BCUT2D eigenvalue weighted by Crippen LogP contribution is 2.44. The van der Waals surface area contributed by atoms with Crippen LogP contribution in [0.5, 0.6) is 0 Å². The zero-order valence-electron chi connectivity index (χ0n) is 29.7. The van der Waals surface area contributed by atoms with E-state index >= 15 is 0 Å². The number of imidazole rings is 1. The Morgan fingerprint density at radius 2 is 1.45 bits per heavy atom. The van der Waals surface area contributed by atoms with E-state index in [4.69, 9.17) is 4.98 Å². The number of para-hydroxylation sites is 2. The van der Waals surface area contributed by atoms with Crippen LogP contribution in [0, 0.1) is 18.3 Å². The third-order valence-electron chi connectivity index (χ3n) is 9.38. The Morgan fingerprint density at radius 1 is 0.804 bits per heavy atom. The first-order valence-electron chi connectivity index (χ1n) is 18.2. The lowest BCUT2D eigenvalue weighted by atomic mass is 10.0. The van der Waals surface area contributed by atoms with Gasteiger partial charge >= 0.3 is 5.97 Å². The molecule has 0 radical (unpaired) electrons. The van der Waals surface area contributed by atoms with Gasteiger partial charge in [-0.3, -0.25) is 4.57 Å². The van der Waals surface area contributed by atoms with Gasteiger partial charge in [-0.15, -0.1) is 22.7 Å². The molecule has 7 heteroatoms. The number of carbonyl (C=O) groups is 1. The number of aromatic nitrogens is 2. The summed E-state index contributed by atoms with van der Waals surface area (Å²) in [7, 11) is 0. The summed E-state index contributed by atoms with van der Waals surface area (Å²) in [5, 5.41) is 19.2. The number of nitriles is 1. The molecule has 6 rings (SSSR count). The van der Waals surface area contributed by atoms with Crippen molar-refractivity contribution in [2.24, 2.45) is 0 Å². The Morgan fingerprint density at radius 3 is 2.12 bits per heavy atom. The van der Waals surface area contributed by atoms with Gasteiger partial charge in [-0.2, -0.15) is 5.26 Å². The Bertz CT molecular complexity index is 2180. The van der Waals surface area contributed by atoms with E-state index < -0.39 is 5.97 Å². The van der Waals surface area contributed by atoms with Gasteiger partial charge in [0.25, 0.3) is 0 Å². The van der Waals surface area contributed by atoms with Gasteiger partial charge < -0.3 is 5.11 Å². The van der Waals surface area contributed by atoms with E-state index in [0.29, 0.717) is 0 Å². The molecule has 6 aromatic rings. The van der Waals surface area contributed by atoms with Crippen LogP contribution in [0.4, 0.5) is 0 Å². The zero-order valence-corrected chi connectivity index (χ0v) is 31.4. The van der Waals surface area contributed by atoms with Crippen molar-refractivity contribution in [2.45, 2.75) is 85.0 Å². The van der Waals surface area contributed by atoms with Crippen LogP contribution in [-0.2, 0) is 17.6 Å². The van der Waals surface area contributed by atoms with Crippen LogP contribution in [0.25, 0.3) is 54.4 Å². The Kier molecular flexibility index (Phi) is 12.0. The summed E-state index contributed by atoms with van der Waals surface area (Å²) in [6.07, 6.45) is 12.7. The number of nitrogens with zero attached hydrogens (tertiary/aromatic N) is 3. The highest BCUT2D eigenvalue weighted by molar-refractivity contribution is 7.24. The minimum atomic E-state index is -1.18. The number of aliphatic carboxylic acids is 1. The minimum Gasteiger partial charge on any atom is -0.477 e. The number of fused-ring (bicyclic) bond motifs is 1. The first-order valence-corrected chi connectivity index (χ1v) is 19.8. The van der Waals surface area contributed by atoms with Crippen molar-refractivity contribution in [1.82, 2.24) is 9.55 Å². The summed E-state index contributed by atoms with van der Waals surface area (Å²) in [6, 6.07) is 32.1. The average Bonchev–Trinajstić information content (AvgIpc) is 3.86. The summed E-state index contributed by atoms with van der Waals surface area (Å²) >= 11 is 3.42. The fourth-order valence-corrected chi connectivity index (χ4v) is 9.06. The van der Waals surface area contributed by atoms with Crippen LogP contribution >= 0.6 is 22.7 Å². The maximum absolute atomic E-state index is 11.8. The smallest absolute Gasteiger partial charge is 0.346 e. The van der Waals surface area contributed by atoms with Gasteiger partial charge in [0.05, 0.1) is 11.0 Å². The van der Waals surface area contributed by atoms with E-state index in [-0.39, 0.29) is 5.57 Å². The summed E-state index contributed by atoms with van der Waals surface area (Å²) in [5.41, 5.74) is 8.82. The van der Waals surface area contributed by atoms with Crippen LogP contribution in [-0.4, -0.2) is 20.6 Å². The predicted molar refractivity (Wildman–Crippen MR) is 215 cm³/mol. The fourth-order valence-electron chi connectivity index (χ4n) is 6.55. The highest BCUT2D eigenvalue weighted by atomic mass is 32.1. The molecular weight excluding hydrogens is 667 g/mol. The van der Waals surface area contributed by atoms with Crippen molar-refractivity contribution in [3.05, 3.63) is 112 Å². The van der Waals surface area contributed by atoms with Crippen molar-refractivity contribution in [3.63, 3.8) is 0 Å². The number of thiophene rings is 2. The molecule has 0 aliphatic heterocycles. The molecule has 0 fully saturated rings. The number of hydrogen-bond donors (Lipinski definition) is 1. The number of carboxylic acid groups (broad SMARTS) is 1. The first kappa shape index (κ1) is 36.0. The van der Waals surface area contributed by atoms with E-state index in [2.05, 4.69) is 104 Å². The van der Waals surface area contributed by atoms with E-state index in [9.17, 15) is 15.2 Å². The van der Waals surface area contributed by atoms with Gasteiger partial charge in [0.2, 0.25) is 0 Å². The van der Waals surface area contributed by atoms with Gasteiger partial charge in [0, 0.05) is 30.8 Å². The third kappa shape index (κ3) is 8.41. The van der Waals surface area contributed by atoms with Gasteiger partial charge in [0.15, 0.2) is 0 Å². The molecule has 0 spiro atoms. The molecule has 5 nitrogen and oxygen atoms in total. The lowest BCUT2D eigenvalue weighted by molar-refractivity contribution is -0.132. The van der Waals surface area contributed by atoms with Crippen molar-refractivity contribution < 1.29 is 9.90 Å². The Hall–Kier alpha value is -4.77. The third-order valence-corrected chi connectivity index (χ3v) is 11.9. The van der Waals surface area contributed by atoms with Crippen molar-refractivity contribution in [1.29, 1.82) is 5.26 Å². The molecule has 1 N–H and O–H groups in total. The molecule has 51 heavy (non-hydrogen) atoms. The fraction of sp³-hybridized carbons (Fsp3) is 0.295. The van der Waals surface area contributed by atoms with Gasteiger partial charge in [-0.05, 0) is 91.8 Å². The summed E-state index contributed by atoms with van der Waals surface area (Å²) in [5.74, 6) is -0.267. The van der Waals surface area contributed by atoms with Crippen LogP contribution in [0.15, 0.2) is 90.5 Å². The van der Waals surface area contributed by atoms with Crippen molar-refractivity contribution >= 4 is 45.8 Å². The molecule has 3 aromatic carbocycles. The molecule has 0 bridgehead atoms. The molecule has 0 amide bonds. The second kappa shape index (κ2) is 17.0. The molecule has 260 valence electrons. The molecule has 0 atom stereocenters. The van der Waals surface area contributed by atoms with E-state index in [1.807, 2.05) is 23.5 Å². The Labute approximate surface area is 309 Å². The quantitative estimate of drug-likeness (QED) is 0.0616. The Balaban J connectivity index is 1.37. The molecule has 0 saturated carbocycles. The van der Waals surface area contributed by atoms with Crippen LogP contribution in [0.1, 0.15) is 86.8 Å². The standard InChI is InChI=1S/C44H45N3O2S2/c1-4-6-8-10-14-33-26-41(50-40(33)28-35(29-45)44(48)49)42-34(15-11-9-7-5-2)27-39(51-42)31-20-22-32(23-21-31)43-46-37-16-12-13-17-38(37)47(43)36-24-18-30(3)19-25-36/h12-13,16-28H,4-11,14-15H2,1-3H3,(H,48,49)/b35-28-. The molecule has 3 aromatic heterocycles. The summed E-state index contributed by atoms with van der Waals surface area (Å²) in [6.45, 7) is 6.55. The first-order chi connectivity index (χ1) is 24.9. The lowest BCUT2D eigenvalue weighted by Gasteiger charge is -2.10. The van der Waals surface area contributed by atoms with E-state index in [1.165, 1.54) is 46.6 Å². The largest absolute Gasteiger partial charge is 0.477 e. The number of rotatable bonds is 16. The number of carboxylic acids is 1. The molecular formula is C44H45N3O2S2. The van der Waals surface area contributed by atoms with Crippen LogP contribution < -0.4 is 0 Å². The predicted octanol–water partition coefficient (Wildman–Crippen LogP) is 12.7. The normalized spacial score (nSPS) is 11.7. The summed E-state index contributed by atoms with van der Waals surface area (Å²) < 4.78 is 2.24. The molecule has 0 unspecified atom stereocenters. The maximum atomic E-state index is 11.8. The number of unbranched alkanes of at least 4 members (excludes halogenated alkanes) is 6. The lowest BCUT2D eigenvalue weighted by Crippen LogP contribution is -1.97. The van der Waals surface area contributed by atoms with Crippen LogP contribution in [0.2, 0.25) is 0 Å². The number of benzene rings is 3.